The molecule has 0 aromatic heterocycles. The van der Waals surface area contributed by atoms with Crippen LogP contribution in [0.4, 0.5) is 0 Å². The van der Waals surface area contributed by atoms with E-state index in [9.17, 15) is 0 Å². The lowest BCUT2D eigenvalue weighted by molar-refractivity contribution is 0.177. The Morgan fingerprint density at radius 3 is 2.78 bits per heavy atom. The highest BCUT2D eigenvalue weighted by molar-refractivity contribution is 4.80. The third-order valence-corrected chi connectivity index (χ3v) is 4.49. The van der Waals surface area contributed by atoms with Crippen molar-refractivity contribution in [1.82, 2.24) is 15.1 Å². The topological polar surface area (TPSA) is 44.5 Å². The number of nitrogens with one attached hydrogen (secondary N) is 1. The first-order chi connectivity index (χ1) is 8.75. The van der Waals surface area contributed by atoms with Crippen molar-refractivity contribution >= 4 is 0 Å². The molecule has 2 unspecified atom stereocenters. The lowest BCUT2D eigenvalue weighted by Crippen LogP contribution is -2.45. The van der Waals surface area contributed by atoms with Gasteiger partial charge in [0, 0.05) is 38.8 Å². The molecule has 106 valence electrons. The van der Waals surface area contributed by atoms with Gasteiger partial charge < -0.3 is 20.9 Å². The molecule has 4 heteroatoms. The van der Waals surface area contributed by atoms with Gasteiger partial charge in [-0.1, -0.05) is 0 Å². The number of piperidine rings is 1. The molecule has 2 heterocycles. The van der Waals surface area contributed by atoms with Crippen LogP contribution in [0.25, 0.3) is 0 Å². The molecule has 2 aliphatic heterocycles. The molecule has 0 aliphatic carbocycles. The summed E-state index contributed by atoms with van der Waals surface area (Å²) in [6.07, 6.45) is 5.12. The van der Waals surface area contributed by atoms with Gasteiger partial charge in [-0.2, -0.15) is 0 Å². The van der Waals surface area contributed by atoms with E-state index in [1.54, 1.807) is 0 Å². The van der Waals surface area contributed by atoms with E-state index in [1.165, 1.54) is 58.4 Å². The highest BCUT2D eigenvalue weighted by Crippen LogP contribution is 2.20. The summed E-state index contributed by atoms with van der Waals surface area (Å²) in [4.78, 5) is 5.00. The first-order valence-electron chi connectivity index (χ1n) is 7.63. The molecule has 0 aromatic rings. The van der Waals surface area contributed by atoms with Crippen molar-refractivity contribution in [3.05, 3.63) is 0 Å². The Kier molecular flexibility index (Phi) is 5.89. The van der Waals surface area contributed by atoms with Crippen molar-refractivity contribution < 1.29 is 0 Å². The monoisotopic (exact) mass is 254 g/mol. The molecule has 2 saturated heterocycles. The lowest BCUT2D eigenvalue weighted by atomic mass is 9.89. The van der Waals surface area contributed by atoms with Crippen LogP contribution in [0.1, 0.15) is 25.7 Å². The van der Waals surface area contributed by atoms with Crippen LogP contribution in [-0.2, 0) is 0 Å². The van der Waals surface area contributed by atoms with Gasteiger partial charge in [-0.3, -0.25) is 0 Å². The van der Waals surface area contributed by atoms with Crippen LogP contribution in [0.3, 0.4) is 0 Å². The zero-order valence-electron chi connectivity index (χ0n) is 11.9. The van der Waals surface area contributed by atoms with Crippen LogP contribution in [0.2, 0.25) is 0 Å². The fraction of sp³-hybridized carbons (Fsp3) is 1.00. The van der Waals surface area contributed by atoms with Crippen molar-refractivity contribution in [2.75, 3.05) is 52.9 Å². The van der Waals surface area contributed by atoms with Gasteiger partial charge >= 0.3 is 0 Å². The number of likely N-dealkylation sites (tertiary alicyclic amines) is 1. The summed E-state index contributed by atoms with van der Waals surface area (Å²) in [5.74, 6) is 0.728. The maximum Gasteiger partial charge on any atom is 0.0107 e. The number of nitrogens with two attached hydrogens (primary N) is 1. The normalized spacial score (nSPS) is 29.3. The molecule has 0 aromatic carbocycles. The Labute approximate surface area is 112 Å². The molecule has 0 amide bonds. The first-order valence-corrected chi connectivity index (χ1v) is 7.63. The first kappa shape index (κ1) is 14.3. The Morgan fingerprint density at radius 1 is 1.28 bits per heavy atom. The van der Waals surface area contributed by atoms with Crippen LogP contribution >= 0.6 is 0 Å². The van der Waals surface area contributed by atoms with Crippen LogP contribution in [0.5, 0.6) is 0 Å². The maximum absolute atomic E-state index is 6.37. The van der Waals surface area contributed by atoms with E-state index in [0.29, 0.717) is 6.04 Å². The van der Waals surface area contributed by atoms with Gasteiger partial charge in [0.05, 0.1) is 0 Å². The molecule has 2 atom stereocenters. The zero-order valence-corrected chi connectivity index (χ0v) is 11.9. The van der Waals surface area contributed by atoms with Gasteiger partial charge in [-0.05, 0) is 51.7 Å². The number of rotatable bonds is 5. The second kappa shape index (κ2) is 7.43. The van der Waals surface area contributed by atoms with E-state index in [-0.39, 0.29) is 0 Å². The van der Waals surface area contributed by atoms with Crippen molar-refractivity contribution in [3.8, 4) is 0 Å². The molecule has 18 heavy (non-hydrogen) atoms. The number of nitrogens with zero attached hydrogens (tertiary/aromatic N) is 2. The summed E-state index contributed by atoms with van der Waals surface area (Å²) in [7, 11) is 2.22. The predicted molar refractivity (Wildman–Crippen MR) is 76.7 cm³/mol. The zero-order chi connectivity index (χ0) is 12.8. The largest absolute Gasteiger partial charge is 0.327 e. The molecular weight excluding hydrogens is 224 g/mol. The van der Waals surface area contributed by atoms with Crippen molar-refractivity contribution in [3.63, 3.8) is 0 Å². The molecule has 2 aliphatic rings. The van der Waals surface area contributed by atoms with Crippen molar-refractivity contribution in [2.24, 2.45) is 11.7 Å². The molecule has 2 fully saturated rings. The number of piperazine rings is 1. The minimum Gasteiger partial charge on any atom is -0.327 e. The Hall–Kier alpha value is -0.160. The van der Waals surface area contributed by atoms with Crippen molar-refractivity contribution in [1.29, 1.82) is 0 Å². The van der Waals surface area contributed by atoms with Gasteiger partial charge in [-0.25, -0.2) is 0 Å². The van der Waals surface area contributed by atoms with Gasteiger partial charge in [0.2, 0.25) is 0 Å². The van der Waals surface area contributed by atoms with E-state index in [1.807, 2.05) is 0 Å². The summed E-state index contributed by atoms with van der Waals surface area (Å²) < 4.78 is 0. The molecule has 0 bridgehead atoms. The predicted octanol–water partition coefficient (Wildman–Crippen LogP) is 0.341. The quantitative estimate of drug-likeness (QED) is 0.743. The summed E-state index contributed by atoms with van der Waals surface area (Å²) >= 11 is 0. The molecule has 4 nitrogen and oxygen atoms in total. The fourth-order valence-corrected chi connectivity index (χ4v) is 3.28. The maximum atomic E-state index is 6.37. The van der Waals surface area contributed by atoms with Crippen LogP contribution in [-0.4, -0.2) is 68.7 Å². The smallest absolute Gasteiger partial charge is 0.0107 e. The molecule has 2 rings (SSSR count). The van der Waals surface area contributed by atoms with Gasteiger partial charge in [0.15, 0.2) is 0 Å². The average Bonchev–Trinajstić information content (AvgIpc) is 2.40. The molecule has 0 radical (unpaired) electrons. The van der Waals surface area contributed by atoms with E-state index < -0.39 is 0 Å². The third kappa shape index (κ3) is 4.50. The van der Waals surface area contributed by atoms with Gasteiger partial charge in [0.1, 0.15) is 0 Å². The van der Waals surface area contributed by atoms with E-state index >= 15 is 0 Å². The lowest BCUT2D eigenvalue weighted by Gasteiger charge is -2.34. The van der Waals surface area contributed by atoms with E-state index in [2.05, 4.69) is 22.2 Å². The molecule has 0 spiro atoms. The van der Waals surface area contributed by atoms with Crippen molar-refractivity contribution in [2.45, 2.75) is 31.7 Å². The van der Waals surface area contributed by atoms with E-state index in [0.717, 1.165) is 19.0 Å². The fourth-order valence-electron chi connectivity index (χ4n) is 3.28. The minimum atomic E-state index is 0.413. The highest BCUT2D eigenvalue weighted by atomic mass is 15.2. The summed E-state index contributed by atoms with van der Waals surface area (Å²) in [6.45, 7) is 8.42. The summed E-state index contributed by atoms with van der Waals surface area (Å²) in [5, 5.41) is 3.40. The molecule has 3 N–H and O–H groups in total. The average molecular weight is 254 g/mol. The standard InChI is InChI=1S/C14H30N4/c1-17-8-2-4-13(12-17)14(15)5-3-9-18-10-6-16-7-11-18/h13-14,16H,2-12,15H2,1H3. The Morgan fingerprint density at radius 2 is 2.06 bits per heavy atom. The third-order valence-electron chi connectivity index (χ3n) is 4.49. The Balaban J connectivity index is 1.60. The number of hydrogen-bond acceptors (Lipinski definition) is 4. The SMILES string of the molecule is CN1CCCC(C(N)CCCN2CCNCC2)C1. The van der Waals surface area contributed by atoms with Crippen LogP contribution < -0.4 is 11.1 Å². The van der Waals surface area contributed by atoms with Crippen LogP contribution in [0, 0.1) is 5.92 Å². The van der Waals surface area contributed by atoms with E-state index in [4.69, 9.17) is 5.73 Å². The van der Waals surface area contributed by atoms with Gasteiger partial charge in [-0.15, -0.1) is 0 Å². The Bertz CT molecular complexity index is 228. The minimum absolute atomic E-state index is 0.413. The van der Waals surface area contributed by atoms with Gasteiger partial charge in [0.25, 0.3) is 0 Å². The summed E-state index contributed by atoms with van der Waals surface area (Å²) in [6, 6.07) is 0.413. The number of hydrogen-bond donors (Lipinski definition) is 2. The highest BCUT2D eigenvalue weighted by Gasteiger charge is 2.23. The van der Waals surface area contributed by atoms with Crippen LogP contribution in [0.15, 0.2) is 0 Å². The summed E-state index contributed by atoms with van der Waals surface area (Å²) in [5.41, 5.74) is 6.37. The molecular formula is C14H30N4. The molecule has 0 saturated carbocycles. The second-order valence-electron chi connectivity index (χ2n) is 6.06. The second-order valence-corrected chi connectivity index (χ2v) is 6.06.